The molecule has 0 aliphatic carbocycles. The molecule has 0 amide bonds. The second-order valence-corrected chi connectivity index (χ2v) is 5.17. The molecule has 0 heterocycles. The van der Waals surface area contributed by atoms with E-state index >= 15 is 0 Å². The van der Waals surface area contributed by atoms with Crippen molar-refractivity contribution in [2.45, 2.75) is 33.3 Å². The van der Waals surface area contributed by atoms with Crippen LogP contribution in [0.1, 0.15) is 33.3 Å². The molecule has 1 aromatic rings. The summed E-state index contributed by atoms with van der Waals surface area (Å²) in [5.74, 6) is 0.00485. The minimum absolute atomic E-state index is 0.292. The topological polar surface area (TPSA) is 29.5 Å². The van der Waals surface area contributed by atoms with E-state index in [2.05, 4.69) is 0 Å². The van der Waals surface area contributed by atoms with E-state index in [0.717, 1.165) is 0 Å². The normalized spacial score (nSPS) is 15.7. The molecule has 1 aromatic carbocycles. The molecule has 0 saturated heterocycles. The standard InChI is InChI=1S/C13H19FO2/c1-12(2,3)13(4,15)10-7-6-9(16-5)8-11(10)14/h6-8,15H,1-5H3. The Bertz CT molecular complexity index is 378. The zero-order valence-corrected chi connectivity index (χ0v) is 10.5. The lowest BCUT2D eigenvalue weighted by molar-refractivity contribution is -0.0497. The van der Waals surface area contributed by atoms with Gasteiger partial charge in [0.25, 0.3) is 0 Å². The first-order valence-electron chi connectivity index (χ1n) is 5.26. The predicted molar refractivity (Wildman–Crippen MR) is 62.0 cm³/mol. The third-order valence-corrected chi connectivity index (χ3v) is 3.16. The van der Waals surface area contributed by atoms with Crippen molar-refractivity contribution >= 4 is 0 Å². The molecule has 1 N–H and O–H groups in total. The van der Waals surface area contributed by atoms with Gasteiger partial charge in [-0.2, -0.15) is 0 Å². The molecule has 0 fully saturated rings. The molecule has 90 valence electrons. The van der Waals surface area contributed by atoms with Gasteiger partial charge < -0.3 is 9.84 Å². The Morgan fingerprint density at radius 3 is 2.12 bits per heavy atom. The molecule has 2 nitrogen and oxygen atoms in total. The summed E-state index contributed by atoms with van der Waals surface area (Å²) in [4.78, 5) is 0. The number of hydrogen-bond acceptors (Lipinski definition) is 2. The third-order valence-electron chi connectivity index (χ3n) is 3.16. The van der Waals surface area contributed by atoms with Crippen LogP contribution >= 0.6 is 0 Å². The molecular formula is C13H19FO2. The molecular weight excluding hydrogens is 207 g/mol. The molecule has 16 heavy (non-hydrogen) atoms. The predicted octanol–water partition coefficient (Wildman–Crippen LogP) is 3.09. The van der Waals surface area contributed by atoms with Gasteiger partial charge in [0, 0.05) is 11.6 Å². The van der Waals surface area contributed by atoms with Gasteiger partial charge >= 0.3 is 0 Å². The van der Waals surface area contributed by atoms with Crippen LogP contribution in [0, 0.1) is 11.2 Å². The highest BCUT2D eigenvalue weighted by Gasteiger charge is 2.38. The highest BCUT2D eigenvalue weighted by atomic mass is 19.1. The average Bonchev–Trinajstić information content (AvgIpc) is 2.15. The number of benzene rings is 1. The summed E-state index contributed by atoms with van der Waals surface area (Å²) in [5.41, 5.74) is -1.37. The van der Waals surface area contributed by atoms with Gasteiger partial charge in [-0.25, -0.2) is 4.39 Å². The molecule has 1 unspecified atom stereocenters. The maximum atomic E-state index is 13.8. The van der Waals surface area contributed by atoms with Crippen LogP contribution in [-0.2, 0) is 5.60 Å². The van der Waals surface area contributed by atoms with Gasteiger partial charge in [-0.15, -0.1) is 0 Å². The lowest BCUT2D eigenvalue weighted by Crippen LogP contribution is -2.37. The van der Waals surface area contributed by atoms with E-state index in [1.165, 1.54) is 13.2 Å². The SMILES string of the molecule is COc1ccc(C(C)(O)C(C)(C)C)c(F)c1. The second kappa shape index (κ2) is 4.06. The molecule has 1 rings (SSSR count). The Morgan fingerprint density at radius 2 is 1.75 bits per heavy atom. The first-order chi connectivity index (χ1) is 7.20. The van der Waals surface area contributed by atoms with Crippen LogP contribution in [0.5, 0.6) is 5.75 Å². The highest BCUT2D eigenvalue weighted by Crippen LogP contribution is 2.40. The molecule has 0 bridgehead atoms. The fourth-order valence-electron chi connectivity index (χ4n) is 1.42. The van der Waals surface area contributed by atoms with Crippen molar-refractivity contribution in [2.24, 2.45) is 5.41 Å². The van der Waals surface area contributed by atoms with Crippen LogP contribution in [0.25, 0.3) is 0 Å². The van der Waals surface area contributed by atoms with E-state index in [1.54, 1.807) is 19.1 Å². The van der Waals surface area contributed by atoms with Crippen molar-refractivity contribution < 1.29 is 14.2 Å². The quantitative estimate of drug-likeness (QED) is 0.839. The average molecular weight is 226 g/mol. The Kier molecular flexibility index (Phi) is 3.29. The van der Waals surface area contributed by atoms with E-state index < -0.39 is 16.8 Å². The zero-order valence-electron chi connectivity index (χ0n) is 10.5. The van der Waals surface area contributed by atoms with Crippen molar-refractivity contribution in [3.8, 4) is 5.75 Å². The minimum Gasteiger partial charge on any atom is -0.497 e. The smallest absolute Gasteiger partial charge is 0.132 e. The maximum Gasteiger partial charge on any atom is 0.132 e. The largest absolute Gasteiger partial charge is 0.497 e. The minimum atomic E-state index is -1.22. The van der Waals surface area contributed by atoms with Crippen LogP contribution in [0.2, 0.25) is 0 Å². The van der Waals surface area contributed by atoms with E-state index in [9.17, 15) is 9.50 Å². The Labute approximate surface area is 96.1 Å². The van der Waals surface area contributed by atoms with Crippen LogP contribution < -0.4 is 4.74 Å². The Morgan fingerprint density at radius 1 is 1.19 bits per heavy atom. The summed E-state index contributed by atoms with van der Waals surface area (Å²) < 4.78 is 18.7. The molecule has 0 radical (unpaired) electrons. The summed E-state index contributed by atoms with van der Waals surface area (Å²) in [7, 11) is 1.48. The lowest BCUT2D eigenvalue weighted by Gasteiger charge is -2.37. The van der Waals surface area contributed by atoms with Crippen molar-refractivity contribution in [3.63, 3.8) is 0 Å². The Balaban J connectivity index is 3.24. The summed E-state index contributed by atoms with van der Waals surface area (Å²) in [6.45, 7) is 7.24. The van der Waals surface area contributed by atoms with Crippen LogP contribution in [0.3, 0.4) is 0 Å². The summed E-state index contributed by atoms with van der Waals surface area (Å²) in [5, 5.41) is 10.4. The van der Waals surface area contributed by atoms with Gasteiger partial charge in [0.1, 0.15) is 11.6 Å². The molecule has 0 aliphatic heterocycles. The number of ether oxygens (including phenoxy) is 1. The maximum absolute atomic E-state index is 13.8. The Hall–Kier alpha value is -1.09. The molecule has 0 saturated carbocycles. The highest BCUT2D eigenvalue weighted by molar-refractivity contribution is 5.33. The summed E-state index contributed by atoms with van der Waals surface area (Å²) >= 11 is 0. The zero-order chi connectivity index (χ0) is 12.6. The molecule has 1 atom stereocenters. The van der Waals surface area contributed by atoms with E-state index in [-0.39, 0.29) is 0 Å². The number of halogens is 1. The van der Waals surface area contributed by atoms with E-state index in [0.29, 0.717) is 11.3 Å². The van der Waals surface area contributed by atoms with Crippen molar-refractivity contribution in [2.75, 3.05) is 7.11 Å². The first kappa shape index (κ1) is 13.0. The van der Waals surface area contributed by atoms with Crippen LogP contribution in [0.15, 0.2) is 18.2 Å². The molecule has 0 spiro atoms. The molecule has 3 heteroatoms. The monoisotopic (exact) mass is 226 g/mol. The van der Waals surface area contributed by atoms with Gasteiger partial charge in [-0.3, -0.25) is 0 Å². The van der Waals surface area contributed by atoms with Crippen molar-refractivity contribution in [3.05, 3.63) is 29.6 Å². The van der Waals surface area contributed by atoms with Gasteiger partial charge in [-0.1, -0.05) is 20.8 Å². The summed E-state index contributed by atoms with van der Waals surface area (Å²) in [6, 6.07) is 4.51. The van der Waals surface area contributed by atoms with Gasteiger partial charge in [-0.05, 0) is 24.5 Å². The van der Waals surface area contributed by atoms with Gasteiger partial charge in [0.15, 0.2) is 0 Å². The molecule has 0 aliphatic rings. The number of rotatable bonds is 2. The van der Waals surface area contributed by atoms with E-state index in [4.69, 9.17) is 4.74 Å². The number of hydrogen-bond donors (Lipinski definition) is 1. The fourth-order valence-corrected chi connectivity index (χ4v) is 1.42. The van der Waals surface area contributed by atoms with Gasteiger partial charge in [0.05, 0.1) is 12.7 Å². The van der Waals surface area contributed by atoms with Gasteiger partial charge in [0.2, 0.25) is 0 Å². The van der Waals surface area contributed by atoms with Crippen LogP contribution in [0.4, 0.5) is 4.39 Å². The third kappa shape index (κ3) is 2.19. The molecule has 0 aromatic heterocycles. The van der Waals surface area contributed by atoms with Crippen molar-refractivity contribution in [1.82, 2.24) is 0 Å². The van der Waals surface area contributed by atoms with E-state index in [1.807, 2.05) is 20.8 Å². The number of aliphatic hydroxyl groups is 1. The second-order valence-electron chi connectivity index (χ2n) is 5.17. The van der Waals surface area contributed by atoms with Crippen molar-refractivity contribution in [1.29, 1.82) is 0 Å². The number of methoxy groups -OCH3 is 1. The fraction of sp³-hybridized carbons (Fsp3) is 0.538. The lowest BCUT2D eigenvalue weighted by atomic mass is 9.73. The first-order valence-corrected chi connectivity index (χ1v) is 5.26. The summed E-state index contributed by atoms with van der Waals surface area (Å²) in [6.07, 6.45) is 0. The van der Waals surface area contributed by atoms with Crippen LogP contribution in [-0.4, -0.2) is 12.2 Å².